The minimum atomic E-state index is -0.890. The van der Waals surface area contributed by atoms with Gasteiger partial charge in [-0.2, -0.15) is 0 Å². The molecule has 0 radical (unpaired) electrons. The summed E-state index contributed by atoms with van der Waals surface area (Å²) in [5, 5.41) is 0. The first-order chi connectivity index (χ1) is 5.49. The lowest BCUT2D eigenvalue weighted by Crippen LogP contribution is -2.39. The zero-order valence-corrected chi connectivity index (χ0v) is 7.09. The highest BCUT2D eigenvalue weighted by molar-refractivity contribution is 5.90. The van der Waals surface area contributed by atoms with Crippen LogP contribution in [0.1, 0.15) is 13.8 Å². The predicted octanol–water partition coefficient (Wildman–Crippen LogP) is -0.516. The minimum absolute atomic E-state index is 0.242. The number of nitrogens with two attached hydrogens (primary N) is 1. The molecule has 12 heavy (non-hydrogen) atoms. The normalized spacial score (nSPS) is 11.6. The maximum absolute atomic E-state index is 10.8. The molecule has 0 spiro atoms. The van der Waals surface area contributed by atoms with Crippen molar-refractivity contribution in [1.82, 2.24) is 5.43 Å². The van der Waals surface area contributed by atoms with Gasteiger partial charge in [-0.05, 0) is 13.8 Å². The van der Waals surface area contributed by atoms with Crippen LogP contribution in [0.4, 0.5) is 0 Å². The van der Waals surface area contributed by atoms with E-state index in [-0.39, 0.29) is 5.57 Å². The fraction of sp³-hybridized carbons (Fsp3) is 0.429. The zero-order valence-electron chi connectivity index (χ0n) is 7.09. The van der Waals surface area contributed by atoms with E-state index >= 15 is 0 Å². The standard InChI is InChI=1S/C7H12N2O3/c1-4(2)7(11)12-5(3)6(10)9-8/h5H,1,8H2,2-3H3,(H,9,10). The largest absolute Gasteiger partial charge is 0.449 e. The zero-order chi connectivity index (χ0) is 9.72. The van der Waals surface area contributed by atoms with Gasteiger partial charge in [-0.1, -0.05) is 6.58 Å². The number of rotatable bonds is 3. The van der Waals surface area contributed by atoms with Crippen molar-refractivity contribution in [1.29, 1.82) is 0 Å². The number of hydrazine groups is 1. The summed E-state index contributed by atoms with van der Waals surface area (Å²) >= 11 is 0. The Balaban J connectivity index is 4.01. The van der Waals surface area contributed by atoms with Crippen molar-refractivity contribution in [3.8, 4) is 0 Å². The maximum Gasteiger partial charge on any atom is 0.333 e. The monoisotopic (exact) mass is 172 g/mol. The van der Waals surface area contributed by atoms with E-state index in [0.29, 0.717) is 0 Å². The van der Waals surface area contributed by atoms with Gasteiger partial charge in [0, 0.05) is 5.57 Å². The molecule has 0 heterocycles. The van der Waals surface area contributed by atoms with Crippen LogP contribution in [0, 0.1) is 0 Å². The summed E-state index contributed by atoms with van der Waals surface area (Å²) in [4.78, 5) is 21.6. The first kappa shape index (κ1) is 10.6. The Bertz CT molecular complexity index is 213. The first-order valence-electron chi connectivity index (χ1n) is 3.36. The van der Waals surface area contributed by atoms with Crippen molar-refractivity contribution in [3.63, 3.8) is 0 Å². The summed E-state index contributed by atoms with van der Waals surface area (Å²) < 4.78 is 4.63. The fourth-order valence-electron chi connectivity index (χ4n) is 0.432. The molecule has 0 rings (SSSR count). The average molecular weight is 172 g/mol. The molecule has 0 aliphatic rings. The molecule has 0 bridgehead atoms. The van der Waals surface area contributed by atoms with Crippen LogP contribution in [-0.2, 0) is 14.3 Å². The topological polar surface area (TPSA) is 81.4 Å². The van der Waals surface area contributed by atoms with Gasteiger partial charge in [-0.25, -0.2) is 10.6 Å². The molecule has 1 unspecified atom stereocenters. The highest BCUT2D eigenvalue weighted by Gasteiger charge is 2.16. The van der Waals surface area contributed by atoms with E-state index in [1.165, 1.54) is 13.8 Å². The van der Waals surface area contributed by atoms with Crippen LogP contribution in [0.5, 0.6) is 0 Å². The highest BCUT2D eigenvalue weighted by Crippen LogP contribution is 1.97. The summed E-state index contributed by atoms with van der Waals surface area (Å²) in [6.07, 6.45) is -0.890. The SMILES string of the molecule is C=C(C)C(=O)OC(C)C(=O)NN. The Morgan fingerprint density at radius 3 is 2.42 bits per heavy atom. The van der Waals surface area contributed by atoms with E-state index < -0.39 is 18.0 Å². The number of hydrogen-bond donors (Lipinski definition) is 2. The smallest absolute Gasteiger partial charge is 0.333 e. The molecule has 0 aliphatic carbocycles. The van der Waals surface area contributed by atoms with Crippen LogP contribution < -0.4 is 11.3 Å². The molecule has 68 valence electrons. The van der Waals surface area contributed by atoms with Crippen molar-refractivity contribution in [2.75, 3.05) is 0 Å². The van der Waals surface area contributed by atoms with E-state index in [1.54, 1.807) is 0 Å². The van der Waals surface area contributed by atoms with Crippen molar-refractivity contribution in [2.24, 2.45) is 5.84 Å². The Kier molecular flexibility index (Phi) is 3.99. The molecule has 0 saturated heterocycles. The van der Waals surface area contributed by atoms with Crippen LogP contribution in [0.3, 0.4) is 0 Å². The molecule has 0 aliphatic heterocycles. The van der Waals surface area contributed by atoms with Crippen LogP contribution in [0.2, 0.25) is 0 Å². The molecular weight excluding hydrogens is 160 g/mol. The van der Waals surface area contributed by atoms with Gasteiger partial charge in [0.1, 0.15) is 0 Å². The van der Waals surface area contributed by atoms with Crippen LogP contribution in [-0.4, -0.2) is 18.0 Å². The summed E-state index contributed by atoms with van der Waals surface area (Å²) in [5.74, 6) is 3.65. The number of carbonyl (C=O) groups is 2. The second-order valence-corrected chi connectivity index (χ2v) is 2.34. The molecule has 0 aromatic rings. The lowest BCUT2D eigenvalue weighted by molar-refractivity contribution is -0.151. The quantitative estimate of drug-likeness (QED) is 0.197. The molecule has 0 saturated carbocycles. The molecule has 1 atom stereocenters. The van der Waals surface area contributed by atoms with Gasteiger partial charge in [0.25, 0.3) is 5.91 Å². The fourth-order valence-corrected chi connectivity index (χ4v) is 0.432. The second kappa shape index (κ2) is 4.50. The Hall–Kier alpha value is -1.36. The predicted molar refractivity (Wildman–Crippen MR) is 42.7 cm³/mol. The highest BCUT2D eigenvalue weighted by atomic mass is 16.5. The number of amides is 1. The third-order valence-corrected chi connectivity index (χ3v) is 1.14. The third-order valence-electron chi connectivity index (χ3n) is 1.14. The van der Waals surface area contributed by atoms with E-state index in [0.717, 1.165) is 0 Å². The van der Waals surface area contributed by atoms with Gasteiger partial charge < -0.3 is 4.74 Å². The van der Waals surface area contributed by atoms with Gasteiger partial charge in [-0.15, -0.1) is 0 Å². The van der Waals surface area contributed by atoms with Crippen molar-refractivity contribution in [2.45, 2.75) is 20.0 Å². The minimum Gasteiger partial charge on any atom is -0.449 e. The number of hydrogen-bond acceptors (Lipinski definition) is 4. The number of esters is 1. The first-order valence-corrected chi connectivity index (χ1v) is 3.36. The van der Waals surface area contributed by atoms with Crippen LogP contribution in [0.15, 0.2) is 12.2 Å². The molecule has 0 fully saturated rings. The molecule has 0 aromatic carbocycles. The second-order valence-electron chi connectivity index (χ2n) is 2.34. The summed E-state index contributed by atoms with van der Waals surface area (Å²) in [7, 11) is 0. The Labute approximate surface area is 70.5 Å². The summed E-state index contributed by atoms with van der Waals surface area (Å²) in [6.45, 7) is 6.27. The van der Waals surface area contributed by atoms with Crippen LogP contribution in [0.25, 0.3) is 0 Å². The Morgan fingerprint density at radius 1 is 1.58 bits per heavy atom. The van der Waals surface area contributed by atoms with Crippen LogP contribution >= 0.6 is 0 Å². The van der Waals surface area contributed by atoms with Crippen molar-refractivity contribution >= 4 is 11.9 Å². The van der Waals surface area contributed by atoms with Gasteiger partial charge >= 0.3 is 5.97 Å². The maximum atomic E-state index is 10.8. The third kappa shape index (κ3) is 3.16. The summed E-state index contributed by atoms with van der Waals surface area (Å²) in [5.41, 5.74) is 2.11. The molecule has 1 amide bonds. The van der Waals surface area contributed by atoms with Gasteiger partial charge in [0.15, 0.2) is 6.10 Å². The average Bonchev–Trinajstić information content (AvgIpc) is 2.02. The Morgan fingerprint density at radius 2 is 2.08 bits per heavy atom. The van der Waals surface area contributed by atoms with Gasteiger partial charge in [-0.3, -0.25) is 10.2 Å². The summed E-state index contributed by atoms with van der Waals surface area (Å²) in [6, 6.07) is 0. The van der Waals surface area contributed by atoms with E-state index in [9.17, 15) is 9.59 Å². The number of carbonyl (C=O) groups excluding carboxylic acids is 2. The van der Waals surface area contributed by atoms with Crippen molar-refractivity contribution < 1.29 is 14.3 Å². The number of ether oxygens (including phenoxy) is 1. The lowest BCUT2D eigenvalue weighted by Gasteiger charge is -2.10. The van der Waals surface area contributed by atoms with Gasteiger partial charge in [0.2, 0.25) is 0 Å². The number of nitrogens with one attached hydrogen (secondary N) is 1. The molecule has 0 aromatic heterocycles. The molecule has 3 N–H and O–H groups in total. The van der Waals surface area contributed by atoms with Crippen molar-refractivity contribution in [3.05, 3.63) is 12.2 Å². The van der Waals surface area contributed by atoms with E-state index in [1.807, 2.05) is 5.43 Å². The molecular formula is C7H12N2O3. The van der Waals surface area contributed by atoms with Gasteiger partial charge in [0.05, 0.1) is 0 Å². The molecule has 5 heteroatoms. The lowest BCUT2D eigenvalue weighted by atomic mass is 10.3. The van der Waals surface area contributed by atoms with E-state index in [4.69, 9.17) is 5.84 Å². The van der Waals surface area contributed by atoms with E-state index in [2.05, 4.69) is 11.3 Å². The molecule has 5 nitrogen and oxygen atoms in total.